The Morgan fingerprint density at radius 1 is 1.02 bits per heavy atom. The number of anilines is 1. The second-order valence-corrected chi connectivity index (χ2v) is 12.6. The predicted octanol–water partition coefficient (Wildman–Crippen LogP) is 4.46. The zero-order chi connectivity index (χ0) is 29.5. The first-order chi connectivity index (χ1) is 18.5. The fourth-order valence-corrected chi connectivity index (χ4v) is 6.15. The predicted molar refractivity (Wildman–Crippen MR) is 134 cm³/mol. The number of fused-ring (bicyclic) bond motifs is 1. The monoisotopic (exact) mass is 604 g/mol. The molecule has 0 aromatic heterocycles. The van der Waals surface area contributed by atoms with Gasteiger partial charge in [-0.05, 0) is 60.5 Å². The van der Waals surface area contributed by atoms with Gasteiger partial charge in [0.15, 0.2) is 0 Å². The van der Waals surface area contributed by atoms with E-state index in [1.807, 2.05) is 0 Å². The molecule has 1 N–H and O–H groups in total. The second-order valence-electron chi connectivity index (χ2n) is 8.94. The quantitative estimate of drug-likeness (QED) is 0.399. The lowest BCUT2D eigenvalue weighted by atomic mass is 10.0. The maximum absolute atomic E-state index is 14.5. The summed E-state index contributed by atoms with van der Waals surface area (Å²) in [5.41, 5.74) is -1.49. The van der Waals surface area contributed by atoms with Crippen LogP contribution < -0.4 is 13.8 Å². The van der Waals surface area contributed by atoms with E-state index in [0.717, 1.165) is 40.9 Å². The first-order valence-electron chi connectivity index (χ1n) is 11.5. The molecular weight excluding hydrogens is 583 g/mol. The molecule has 40 heavy (non-hydrogen) atoms. The van der Waals surface area contributed by atoms with Gasteiger partial charge < -0.3 is 4.74 Å². The fraction of sp³-hybridized carbons (Fsp3) is 0.240. The summed E-state index contributed by atoms with van der Waals surface area (Å²) in [5, 5.41) is 0. The smallest absolute Gasteiger partial charge is 0.416 e. The summed E-state index contributed by atoms with van der Waals surface area (Å²) in [7, 11) is -8.53. The number of hydrogen-bond donors (Lipinski definition) is 1. The number of carbonyl (C=O) groups excluding carboxylic acids is 1. The molecular formula is C25H21F5N2O6S2. The van der Waals surface area contributed by atoms with Gasteiger partial charge in [0, 0.05) is 12.0 Å². The average molecular weight is 605 g/mol. The molecule has 214 valence electrons. The van der Waals surface area contributed by atoms with E-state index in [9.17, 15) is 43.6 Å². The number of nitrogens with one attached hydrogen (secondary N) is 1. The fourth-order valence-electron chi connectivity index (χ4n) is 4.09. The lowest BCUT2D eigenvalue weighted by molar-refractivity contribution is -0.137. The summed E-state index contributed by atoms with van der Waals surface area (Å²) < 4.78 is 127. The van der Waals surface area contributed by atoms with Crippen molar-refractivity contribution in [1.29, 1.82) is 0 Å². The highest BCUT2D eigenvalue weighted by atomic mass is 32.2. The third kappa shape index (κ3) is 6.53. The van der Waals surface area contributed by atoms with Gasteiger partial charge in [0.2, 0.25) is 15.9 Å². The van der Waals surface area contributed by atoms with Crippen LogP contribution in [-0.4, -0.2) is 41.6 Å². The number of halogens is 5. The van der Waals surface area contributed by atoms with E-state index in [2.05, 4.69) is 0 Å². The topological polar surface area (TPSA) is 110 Å². The number of sulfonamides is 2. The number of ether oxygens (including phenoxy) is 1. The van der Waals surface area contributed by atoms with Gasteiger partial charge >= 0.3 is 6.18 Å². The first kappa shape index (κ1) is 29.3. The van der Waals surface area contributed by atoms with Crippen molar-refractivity contribution in [1.82, 2.24) is 4.72 Å². The number of hydrogen-bond acceptors (Lipinski definition) is 6. The summed E-state index contributed by atoms with van der Waals surface area (Å²) >= 11 is 0. The van der Waals surface area contributed by atoms with Crippen molar-refractivity contribution in [2.75, 3.05) is 17.1 Å². The van der Waals surface area contributed by atoms with Crippen LogP contribution in [0, 0.1) is 11.6 Å². The third-order valence-electron chi connectivity index (χ3n) is 5.87. The van der Waals surface area contributed by atoms with Crippen LogP contribution in [0.25, 0.3) is 11.1 Å². The van der Waals surface area contributed by atoms with Crippen LogP contribution in [0.5, 0.6) is 5.75 Å². The van der Waals surface area contributed by atoms with E-state index in [4.69, 9.17) is 4.74 Å². The number of amides is 1. The molecule has 1 aliphatic rings. The summed E-state index contributed by atoms with van der Waals surface area (Å²) in [5.74, 6) is -2.50. The molecule has 0 aliphatic carbocycles. The highest BCUT2D eigenvalue weighted by molar-refractivity contribution is 7.92. The molecule has 0 bridgehead atoms. The molecule has 1 aliphatic heterocycles. The van der Waals surface area contributed by atoms with Crippen LogP contribution in [0.15, 0.2) is 65.6 Å². The van der Waals surface area contributed by atoms with E-state index >= 15 is 0 Å². The molecule has 1 amide bonds. The minimum Gasteiger partial charge on any atom is -0.486 e. The van der Waals surface area contributed by atoms with E-state index in [1.54, 1.807) is 4.72 Å². The molecule has 3 aromatic carbocycles. The SMILES string of the molecule is CS(=O)(=O)NC(=O)CCC1CN(S(=O)(=O)c2cccc(C(F)(F)F)c2)c2cc(-c3cc(F)ccc3F)ccc2O1. The van der Waals surface area contributed by atoms with E-state index < -0.39 is 66.9 Å². The number of alkyl halides is 3. The minimum absolute atomic E-state index is 0.0594. The Hall–Kier alpha value is -3.72. The van der Waals surface area contributed by atoms with Crippen LogP contribution in [0.3, 0.4) is 0 Å². The van der Waals surface area contributed by atoms with Crippen molar-refractivity contribution in [2.45, 2.75) is 30.0 Å². The third-order valence-corrected chi connectivity index (χ3v) is 8.25. The van der Waals surface area contributed by atoms with Crippen LogP contribution in [0.1, 0.15) is 18.4 Å². The Morgan fingerprint density at radius 2 is 1.75 bits per heavy atom. The van der Waals surface area contributed by atoms with Crippen molar-refractivity contribution in [2.24, 2.45) is 0 Å². The van der Waals surface area contributed by atoms with Crippen molar-refractivity contribution >= 4 is 31.6 Å². The van der Waals surface area contributed by atoms with Crippen LogP contribution >= 0.6 is 0 Å². The van der Waals surface area contributed by atoms with Gasteiger partial charge in [-0.2, -0.15) is 13.2 Å². The zero-order valence-corrected chi connectivity index (χ0v) is 22.2. The number of nitrogens with zero attached hydrogens (tertiary/aromatic N) is 1. The average Bonchev–Trinajstić information content (AvgIpc) is 2.86. The van der Waals surface area contributed by atoms with Crippen LogP contribution in [0.2, 0.25) is 0 Å². The van der Waals surface area contributed by atoms with E-state index in [1.165, 1.54) is 18.2 Å². The second kappa shape index (κ2) is 10.7. The Kier molecular flexibility index (Phi) is 7.82. The summed E-state index contributed by atoms with van der Waals surface area (Å²) in [6.45, 7) is -0.479. The maximum Gasteiger partial charge on any atom is 0.416 e. The molecule has 4 rings (SSSR count). The molecule has 1 heterocycles. The number of carbonyl (C=O) groups is 1. The summed E-state index contributed by atoms with van der Waals surface area (Å²) in [6.07, 6.45) is -5.60. The molecule has 1 atom stereocenters. The zero-order valence-electron chi connectivity index (χ0n) is 20.6. The Labute approximate surface area is 226 Å². The number of benzene rings is 3. The molecule has 15 heteroatoms. The van der Waals surface area contributed by atoms with Gasteiger partial charge in [-0.25, -0.2) is 25.6 Å². The lowest BCUT2D eigenvalue weighted by Crippen LogP contribution is -2.44. The van der Waals surface area contributed by atoms with Crippen molar-refractivity contribution < 1.29 is 48.3 Å². The molecule has 1 unspecified atom stereocenters. The van der Waals surface area contributed by atoms with Gasteiger partial charge in [0.1, 0.15) is 23.5 Å². The molecule has 0 saturated heterocycles. The van der Waals surface area contributed by atoms with E-state index in [0.29, 0.717) is 12.1 Å². The van der Waals surface area contributed by atoms with Crippen molar-refractivity contribution in [3.8, 4) is 16.9 Å². The molecule has 3 aromatic rings. The normalized spacial score (nSPS) is 15.8. The van der Waals surface area contributed by atoms with Gasteiger partial charge in [-0.3, -0.25) is 13.8 Å². The lowest BCUT2D eigenvalue weighted by Gasteiger charge is -2.36. The molecule has 0 radical (unpaired) electrons. The maximum atomic E-state index is 14.5. The Bertz CT molecular complexity index is 1680. The number of rotatable bonds is 7. The molecule has 8 nitrogen and oxygen atoms in total. The van der Waals surface area contributed by atoms with Crippen LogP contribution in [0.4, 0.5) is 27.6 Å². The van der Waals surface area contributed by atoms with Crippen molar-refractivity contribution in [3.63, 3.8) is 0 Å². The van der Waals surface area contributed by atoms with Gasteiger partial charge in [-0.15, -0.1) is 0 Å². The Morgan fingerprint density at radius 3 is 2.42 bits per heavy atom. The summed E-state index contributed by atoms with van der Waals surface area (Å²) in [6, 6.07) is 9.59. The van der Waals surface area contributed by atoms with Gasteiger partial charge in [0.05, 0.1) is 28.9 Å². The molecule has 0 spiro atoms. The molecule has 0 saturated carbocycles. The molecule has 0 fully saturated rings. The van der Waals surface area contributed by atoms with Gasteiger partial charge in [-0.1, -0.05) is 12.1 Å². The minimum atomic E-state index is -4.83. The van der Waals surface area contributed by atoms with Crippen LogP contribution in [-0.2, 0) is 31.0 Å². The highest BCUT2D eigenvalue weighted by Crippen LogP contribution is 2.41. The highest BCUT2D eigenvalue weighted by Gasteiger charge is 2.37. The van der Waals surface area contributed by atoms with Gasteiger partial charge in [0.25, 0.3) is 10.0 Å². The van der Waals surface area contributed by atoms with Crippen molar-refractivity contribution in [3.05, 3.63) is 77.9 Å². The summed E-state index contributed by atoms with van der Waals surface area (Å²) in [4.78, 5) is 11.3. The first-order valence-corrected chi connectivity index (χ1v) is 14.8. The Balaban J connectivity index is 1.77. The standard InChI is InChI=1S/C25H21F5N2O6S2/c1-39(34,35)31-24(33)10-7-18-14-32(40(36,37)19-4-2-3-16(12-19)25(28,29)30)22-11-15(5-9-23(22)38-18)20-13-17(26)6-8-21(20)27/h2-6,8-9,11-13,18H,7,10,14H2,1H3,(H,31,33). The van der Waals surface area contributed by atoms with E-state index in [-0.39, 0.29) is 35.4 Å². The largest absolute Gasteiger partial charge is 0.486 e.